The minimum absolute atomic E-state index is 0.111. The number of halogens is 1. The van der Waals surface area contributed by atoms with E-state index in [1.807, 2.05) is 0 Å². The van der Waals surface area contributed by atoms with Gasteiger partial charge in [-0.15, -0.1) is 0 Å². The van der Waals surface area contributed by atoms with Crippen LogP contribution in [0.4, 0.5) is 4.39 Å². The van der Waals surface area contributed by atoms with Crippen molar-refractivity contribution in [1.82, 2.24) is 4.90 Å². The summed E-state index contributed by atoms with van der Waals surface area (Å²) >= 11 is 0. The Morgan fingerprint density at radius 1 is 1.43 bits per heavy atom. The minimum atomic E-state index is -1.04. The Morgan fingerprint density at radius 2 is 2.29 bits per heavy atom. The van der Waals surface area contributed by atoms with Gasteiger partial charge >= 0.3 is 0 Å². The van der Waals surface area contributed by atoms with Crippen LogP contribution in [0.15, 0.2) is 24.3 Å². The largest absolute Gasteiger partial charge is 0.490 e. The van der Waals surface area contributed by atoms with Gasteiger partial charge < -0.3 is 14.6 Å². The van der Waals surface area contributed by atoms with Crippen LogP contribution >= 0.6 is 0 Å². The zero-order valence-electron chi connectivity index (χ0n) is 12.1. The summed E-state index contributed by atoms with van der Waals surface area (Å²) in [6, 6.07) is 6.54. The van der Waals surface area contributed by atoms with Crippen molar-refractivity contribution in [2.45, 2.75) is 30.9 Å². The first kappa shape index (κ1) is 14.8. The Labute approximate surface area is 124 Å². The van der Waals surface area contributed by atoms with Crippen LogP contribution in [0.1, 0.15) is 19.3 Å². The third-order valence-corrected chi connectivity index (χ3v) is 4.29. The summed E-state index contributed by atoms with van der Waals surface area (Å²) in [5.74, 6) is 0.0931. The summed E-state index contributed by atoms with van der Waals surface area (Å²) in [6.45, 7) is 2.41. The SMILES string of the molecule is O[C@]1(COc2cccc(F)c2)COCCN(C2CCC2)C1. The van der Waals surface area contributed by atoms with Gasteiger partial charge in [0.05, 0.1) is 13.2 Å². The predicted molar refractivity (Wildman–Crippen MR) is 76.9 cm³/mol. The van der Waals surface area contributed by atoms with E-state index in [4.69, 9.17) is 9.47 Å². The summed E-state index contributed by atoms with van der Waals surface area (Å²) in [4.78, 5) is 2.30. The molecular weight excluding hydrogens is 273 g/mol. The molecule has 1 aromatic carbocycles. The summed E-state index contributed by atoms with van der Waals surface area (Å²) < 4.78 is 24.2. The van der Waals surface area contributed by atoms with E-state index in [2.05, 4.69) is 4.90 Å². The van der Waals surface area contributed by atoms with E-state index in [1.54, 1.807) is 12.1 Å². The summed E-state index contributed by atoms with van der Waals surface area (Å²) in [7, 11) is 0. The lowest BCUT2D eigenvalue weighted by molar-refractivity contribution is -0.0698. The van der Waals surface area contributed by atoms with E-state index in [9.17, 15) is 9.50 Å². The molecule has 1 aliphatic heterocycles. The molecule has 1 saturated heterocycles. The maximum atomic E-state index is 13.1. The topological polar surface area (TPSA) is 41.9 Å². The van der Waals surface area contributed by atoms with Gasteiger partial charge in [0.15, 0.2) is 0 Å². The molecular formula is C16H22FNO3. The standard InChI is InChI=1S/C16H22FNO3/c17-13-3-1-6-15(9-13)21-12-16(19)10-18(7-8-20-11-16)14-4-2-5-14/h1,3,6,9,14,19H,2,4-5,7-8,10-12H2/t16-/m0/s1. The monoisotopic (exact) mass is 295 g/mol. The van der Waals surface area contributed by atoms with Crippen LogP contribution in [0.2, 0.25) is 0 Å². The van der Waals surface area contributed by atoms with Gasteiger partial charge in [0.2, 0.25) is 0 Å². The molecule has 0 bridgehead atoms. The van der Waals surface area contributed by atoms with Crippen molar-refractivity contribution >= 4 is 0 Å². The van der Waals surface area contributed by atoms with Crippen molar-refractivity contribution in [3.05, 3.63) is 30.1 Å². The molecule has 1 heterocycles. The third-order valence-electron chi connectivity index (χ3n) is 4.29. The van der Waals surface area contributed by atoms with Gasteiger partial charge in [-0.25, -0.2) is 4.39 Å². The second kappa shape index (κ2) is 6.30. The zero-order valence-corrected chi connectivity index (χ0v) is 12.1. The number of ether oxygens (including phenoxy) is 2. The fraction of sp³-hybridized carbons (Fsp3) is 0.625. The molecule has 1 aromatic rings. The van der Waals surface area contributed by atoms with Gasteiger partial charge in [-0.05, 0) is 25.0 Å². The Morgan fingerprint density at radius 3 is 3.00 bits per heavy atom. The predicted octanol–water partition coefficient (Wildman–Crippen LogP) is 1.82. The van der Waals surface area contributed by atoms with Crippen LogP contribution in [0.3, 0.4) is 0 Å². The average Bonchev–Trinajstić information content (AvgIpc) is 2.58. The van der Waals surface area contributed by atoms with Gasteiger partial charge in [-0.3, -0.25) is 4.90 Å². The summed E-state index contributed by atoms with van der Waals surface area (Å²) in [5.41, 5.74) is -1.04. The molecule has 2 aliphatic rings. The van der Waals surface area contributed by atoms with Gasteiger partial charge in [0.1, 0.15) is 23.8 Å². The normalized spacial score (nSPS) is 27.9. The molecule has 5 heteroatoms. The van der Waals surface area contributed by atoms with Crippen molar-refractivity contribution in [2.75, 3.05) is 32.9 Å². The Hall–Kier alpha value is -1.17. The molecule has 0 amide bonds. The first-order valence-electron chi connectivity index (χ1n) is 7.57. The maximum Gasteiger partial charge on any atom is 0.134 e. The fourth-order valence-corrected chi connectivity index (χ4v) is 2.87. The summed E-state index contributed by atoms with van der Waals surface area (Å²) in [6.07, 6.45) is 3.65. The lowest BCUT2D eigenvalue weighted by Gasteiger charge is -2.39. The Bertz CT molecular complexity index is 480. The molecule has 21 heavy (non-hydrogen) atoms. The number of aliphatic hydroxyl groups is 1. The number of β-amino-alcohol motifs (C(OH)–C–C–N with tert-alkyl or cyclic N) is 1. The molecule has 0 radical (unpaired) electrons. The van der Waals surface area contributed by atoms with E-state index in [1.165, 1.54) is 31.4 Å². The van der Waals surface area contributed by atoms with Crippen LogP contribution in [0.25, 0.3) is 0 Å². The minimum Gasteiger partial charge on any atom is -0.490 e. The third kappa shape index (κ3) is 3.73. The lowest BCUT2D eigenvalue weighted by atomic mass is 9.90. The fourth-order valence-electron chi connectivity index (χ4n) is 2.87. The molecule has 1 atom stereocenters. The molecule has 1 saturated carbocycles. The highest BCUT2D eigenvalue weighted by molar-refractivity contribution is 5.22. The Balaban J connectivity index is 1.61. The van der Waals surface area contributed by atoms with Crippen LogP contribution in [-0.2, 0) is 4.74 Å². The first-order valence-corrected chi connectivity index (χ1v) is 7.57. The van der Waals surface area contributed by atoms with Gasteiger partial charge in [0.25, 0.3) is 0 Å². The van der Waals surface area contributed by atoms with Crippen LogP contribution in [-0.4, -0.2) is 54.6 Å². The van der Waals surface area contributed by atoms with Crippen molar-refractivity contribution in [3.8, 4) is 5.75 Å². The zero-order chi connectivity index (χ0) is 14.7. The second-order valence-corrected chi connectivity index (χ2v) is 6.08. The molecule has 116 valence electrons. The van der Waals surface area contributed by atoms with E-state index in [0.29, 0.717) is 24.9 Å². The molecule has 1 N–H and O–H groups in total. The first-order chi connectivity index (χ1) is 10.1. The highest BCUT2D eigenvalue weighted by atomic mass is 19.1. The molecule has 0 aromatic heterocycles. The van der Waals surface area contributed by atoms with Gasteiger partial charge in [0, 0.05) is 25.2 Å². The number of nitrogens with zero attached hydrogens (tertiary/aromatic N) is 1. The molecule has 3 rings (SSSR count). The molecule has 4 nitrogen and oxygen atoms in total. The summed E-state index contributed by atoms with van der Waals surface area (Å²) in [5, 5.41) is 10.7. The number of benzene rings is 1. The second-order valence-electron chi connectivity index (χ2n) is 6.08. The van der Waals surface area contributed by atoms with E-state index < -0.39 is 5.60 Å². The van der Waals surface area contributed by atoms with Crippen LogP contribution in [0, 0.1) is 5.82 Å². The molecule has 2 fully saturated rings. The van der Waals surface area contributed by atoms with Crippen molar-refractivity contribution < 1.29 is 19.0 Å². The highest BCUT2D eigenvalue weighted by Crippen LogP contribution is 2.27. The van der Waals surface area contributed by atoms with Gasteiger partial charge in [-0.1, -0.05) is 12.5 Å². The van der Waals surface area contributed by atoms with E-state index in [0.717, 1.165) is 6.54 Å². The van der Waals surface area contributed by atoms with Crippen molar-refractivity contribution in [2.24, 2.45) is 0 Å². The number of rotatable bonds is 4. The molecule has 1 aliphatic carbocycles. The lowest BCUT2D eigenvalue weighted by Crippen LogP contribution is -2.52. The molecule has 0 unspecified atom stereocenters. The molecule has 0 spiro atoms. The quantitative estimate of drug-likeness (QED) is 0.920. The van der Waals surface area contributed by atoms with Crippen molar-refractivity contribution in [3.63, 3.8) is 0 Å². The van der Waals surface area contributed by atoms with Gasteiger partial charge in [-0.2, -0.15) is 0 Å². The van der Waals surface area contributed by atoms with E-state index >= 15 is 0 Å². The van der Waals surface area contributed by atoms with E-state index in [-0.39, 0.29) is 19.0 Å². The highest BCUT2D eigenvalue weighted by Gasteiger charge is 2.37. The van der Waals surface area contributed by atoms with Crippen LogP contribution in [0.5, 0.6) is 5.75 Å². The Kier molecular flexibility index (Phi) is 4.42. The maximum absolute atomic E-state index is 13.1. The number of hydrogen-bond donors (Lipinski definition) is 1. The van der Waals surface area contributed by atoms with Crippen LogP contribution < -0.4 is 4.74 Å². The smallest absolute Gasteiger partial charge is 0.134 e. The van der Waals surface area contributed by atoms with Crippen molar-refractivity contribution in [1.29, 1.82) is 0 Å². The number of hydrogen-bond acceptors (Lipinski definition) is 4. The average molecular weight is 295 g/mol.